The average Bonchev–Trinajstić information content (AvgIpc) is 2.80. The van der Waals surface area contributed by atoms with E-state index in [2.05, 4.69) is 9.97 Å². The predicted octanol–water partition coefficient (Wildman–Crippen LogP) is 4.52. The molecule has 0 saturated heterocycles. The third kappa shape index (κ3) is 8.98. The Morgan fingerprint density at radius 3 is 2.21 bits per heavy atom. The zero-order chi connectivity index (χ0) is 28.8. The van der Waals surface area contributed by atoms with Crippen molar-refractivity contribution >= 4 is 33.8 Å². The van der Waals surface area contributed by atoms with Crippen LogP contribution in [0.15, 0.2) is 30.3 Å². The summed E-state index contributed by atoms with van der Waals surface area (Å²) < 4.78 is 49.6. The molecule has 208 valence electrons. The zero-order valence-corrected chi connectivity index (χ0v) is 23.9. The Bertz CT molecular complexity index is 1290. The molecule has 2 aromatic rings. The molecule has 0 bridgehead atoms. The standard InChI is InChI=1S/C27H36FN3O6S/c1-17(2)24-22(14-13-20(32)15-21(36-7)16-23(33)37-27(3,4)5)25(18-9-11-19(28)12-10-18)30-26(29-24)31(6)38(8,34)35/h9-14,17,21H,15-16H2,1-8H3/t21-/m1/s1. The molecule has 0 amide bonds. The first kappa shape index (κ1) is 31.0. The van der Waals surface area contributed by atoms with Crippen LogP contribution in [0, 0.1) is 5.82 Å². The van der Waals surface area contributed by atoms with Gasteiger partial charge < -0.3 is 9.47 Å². The van der Waals surface area contributed by atoms with Crippen LogP contribution in [0.1, 0.15) is 64.6 Å². The number of ether oxygens (including phenoxy) is 2. The fourth-order valence-electron chi connectivity index (χ4n) is 3.47. The van der Waals surface area contributed by atoms with Crippen LogP contribution in [0.2, 0.25) is 0 Å². The third-order valence-electron chi connectivity index (χ3n) is 5.42. The van der Waals surface area contributed by atoms with E-state index in [4.69, 9.17) is 9.47 Å². The molecule has 2 rings (SSSR count). The normalized spacial score (nSPS) is 13.1. The number of hydrogen-bond acceptors (Lipinski definition) is 8. The lowest BCUT2D eigenvalue weighted by molar-refractivity contribution is -0.157. The van der Waals surface area contributed by atoms with Crippen molar-refractivity contribution in [1.82, 2.24) is 9.97 Å². The number of sulfonamides is 1. The Labute approximate surface area is 224 Å². The molecule has 0 radical (unpaired) electrons. The van der Waals surface area contributed by atoms with Crippen LogP contribution in [-0.2, 0) is 29.1 Å². The van der Waals surface area contributed by atoms with Gasteiger partial charge in [-0.2, -0.15) is 0 Å². The minimum absolute atomic E-state index is 0.0455. The van der Waals surface area contributed by atoms with E-state index in [1.165, 1.54) is 44.5 Å². The van der Waals surface area contributed by atoms with Gasteiger partial charge in [-0.25, -0.2) is 27.1 Å². The lowest BCUT2D eigenvalue weighted by Crippen LogP contribution is -2.28. The van der Waals surface area contributed by atoms with Gasteiger partial charge in [0.2, 0.25) is 16.0 Å². The molecule has 9 nitrogen and oxygen atoms in total. The van der Waals surface area contributed by atoms with Gasteiger partial charge in [0.25, 0.3) is 0 Å². The maximum absolute atomic E-state index is 13.6. The van der Waals surface area contributed by atoms with Gasteiger partial charge in [0.1, 0.15) is 11.4 Å². The summed E-state index contributed by atoms with van der Waals surface area (Å²) in [6, 6.07) is 5.58. The molecule has 0 aliphatic carbocycles. The van der Waals surface area contributed by atoms with Gasteiger partial charge in [-0.1, -0.05) is 13.8 Å². The lowest BCUT2D eigenvalue weighted by Gasteiger charge is -2.21. The van der Waals surface area contributed by atoms with Crippen molar-refractivity contribution in [2.24, 2.45) is 0 Å². The number of carbonyl (C=O) groups excluding carboxylic acids is 2. The Hall–Kier alpha value is -3.18. The molecular formula is C27H36FN3O6S. The molecule has 38 heavy (non-hydrogen) atoms. The average molecular weight is 550 g/mol. The molecule has 0 fully saturated rings. The van der Waals surface area contributed by atoms with Crippen LogP contribution >= 0.6 is 0 Å². The highest BCUT2D eigenvalue weighted by molar-refractivity contribution is 7.92. The summed E-state index contributed by atoms with van der Waals surface area (Å²) in [5.74, 6) is -1.44. The fourth-order valence-corrected chi connectivity index (χ4v) is 3.85. The summed E-state index contributed by atoms with van der Waals surface area (Å²) >= 11 is 0. The first-order valence-corrected chi connectivity index (χ1v) is 13.9. The lowest BCUT2D eigenvalue weighted by atomic mass is 9.97. The van der Waals surface area contributed by atoms with Crippen LogP contribution in [-0.4, -0.2) is 62.3 Å². The number of methoxy groups -OCH3 is 1. The van der Waals surface area contributed by atoms with Crippen molar-refractivity contribution in [3.63, 3.8) is 0 Å². The molecule has 0 aliphatic heterocycles. The van der Waals surface area contributed by atoms with E-state index in [1.807, 2.05) is 13.8 Å². The van der Waals surface area contributed by atoms with Gasteiger partial charge in [0.05, 0.1) is 30.2 Å². The smallest absolute Gasteiger partial charge is 0.308 e. The molecule has 0 saturated carbocycles. The molecule has 0 unspecified atom stereocenters. The van der Waals surface area contributed by atoms with Crippen molar-refractivity contribution in [2.75, 3.05) is 24.7 Å². The molecule has 1 aromatic carbocycles. The number of ketones is 1. The van der Waals surface area contributed by atoms with Crippen LogP contribution in [0.4, 0.5) is 10.3 Å². The second kappa shape index (κ2) is 12.6. The van der Waals surface area contributed by atoms with Crippen molar-refractivity contribution in [3.8, 4) is 11.3 Å². The number of rotatable bonds is 11. The predicted molar refractivity (Wildman–Crippen MR) is 145 cm³/mol. The molecule has 11 heteroatoms. The Balaban J connectivity index is 2.49. The van der Waals surface area contributed by atoms with E-state index < -0.39 is 33.5 Å². The number of nitrogens with zero attached hydrogens (tertiary/aromatic N) is 3. The highest BCUT2D eigenvalue weighted by atomic mass is 32.2. The number of anilines is 1. The summed E-state index contributed by atoms with van der Waals surface area (Å²) in [6.45, 7) is 9.02. The van der Waals surface area contributed by atoms with Gasteiger partial charge in [-0.15, -0.1) is 0 Å². The van der Waals surface area contributed by atoms with Gasteiger partial charge in [-0.3, -0.25) is 9.59 Å². The Morgan fingerprint density at radius 2 is 1.71 bits per heavy atom. The number of aromatic nitrogens is 2. The second-order valence-electron chi connectivity index (χ2n) is 10.2. The first-order chi connectivity index (χ1) is 17.5. The maximum Gasteiger partial charge on any atom is 0.308 e. The van der Waals surface area contributed by atoms with E-state index >= 15 is 0 Å². The molecule has 1 aromatic heterocycles. The SMILES string of the molecule is CO[C@H](CC(=O)C=Cc1c(-c2ccc(F)cc2)nc(N(C)S(C)(=O)=O)nc1C(C)C)CC(=O)OC(C)(C)C. The van der Waals surface area contributed by atoms with E-state index in [1.54, 1.807) is 26.8 Å². The molecule has 1 heterocycles. The Morgan fingerprint density at radius 1 is 1.11 bits per heavy atom. The second-order valence-corrected chi connectivity index (χ2v) is 12.2. The van der Waals surface area contributed by atoms with E-state index in [-0.39, 0.29) is 30.5 Å². The maximum atomic E-state index is 13.6. The summed E-state index contributed by atoms with van der Waals surface area (Å²) in [6.07, 6.45) is 3.12. The van der Waals surface area contributed by atoms with Gasteiger partial charge in [-0.05, 0) is 63.1 Å². The minimum Gasteiger partial charge on any atom is -0.460 e. The number of benzene rings is 1. The third-order valence-corrected chi connectivity index (χ3v) is 6.58. The molecule has 0 spiro atoms. The molecule has 1 atom stereocenters. The van der Waals surface area contributed by atoms with E-state index in [0.29, 0.717) is 22.5 Å². The number of allylic oxidation sites excluding steroid dienone is 1. The largest absolute Gasteiger partial charge is 0.460 e. The topological polar surface area (TPSA) is 116 Å². The Kier molecular flexibility index (Phi) is 10.3. The summed E-state index contributed by atoms with van der Waals surface area (Å²) in [5.41, 5.74) is 1.21. The monoisotopic (exact) mass is 549 g/mol. The van der Waals surface area contributed by atoms with E-state index in [9.17, 15) is 22.4 Å². The van der Waals surface area contributed by atoms with Crippen LogP contribution in [0.25, 0.3) is 17.3 Å². The fraction of sp³-hybridized carbons (Fsp3) is 0.481. The van der Waals surface area contributed by atoms with Crippen molar-refractivity contribution in [2.45, 2.75) is 65.1 Å². The number of esters is 1. The van der Waals surface area contributed by atoms with Gasteiger partial charge in [0, 0.05) is 31.7 Å². The van der Waals surface area contributed by atoms with Crippen molar-refractivity contribution < 1.29 is 31.9 Å². The quantitative estimate of drug-likeness (QED) is 0.297. The summed E-state index contributed by atoms with van der Waals surface area (Å²) in [7, 11) is -0.894. The number of halogens is 1. The number of carbonyl (C=O) groups is 2. The van der Waals surface area contributed by atoms with E-state index in [0.717, 1.165) is 10.6 Å². The van der Waals surface area contributed by atoms with Gasteiger partial charge in [0.15, 0.2) is 5.78 Å². The minimum atomic E-state index is -3.66. The zero-order valence-electron chi connectivity index (χ0n) is 23.1. The van der Waals surface area contributed by atoms with Crippen LogP contribution < -0.4 is 4.31 Å². The highest BCUT2D eigenvalue weighted by Crippen LogP contribution is 2.31. The van der Waals surface area contributed by atoms with Crippen LogP contribution in [0.5, 0.6) is 0 Å². The van der Waals surface area contributed by atoms with Crippen molar-refractivity contribution in [3.05, 3.63) is 47.4 Å². The summed E-state index contributed by atoms with van der Waals surface area (Å²) in [4.78, 5) is 34.0. The highest BCUT2D eigenvalue weighted by Gasteiger charge is 2.24. The number of hydrogen-bond donors (Lipinski definition) is 0. The van der Waals surface area contributed by atoms with Crippen molar-refractivity contribution in [1.29, 1.82) is 0 Å². The molecule has 0 aliphatic rings. The molecule has 0 N–H and O–H groups in total. The van der Waals surface area contributed by atoms with Crippen LogP contribution in [0.3, 0.4) is 0 Å². The summed E-state index contributed by atoms with van der Waals surface area (Å²) in [5, 5.41) is 0. The molecular weight excluding hydrogens is 513 g/mol. The first-order valence-electron chi connectivity index (χ1n) is 12.1. The van der Waals surface area contributed by atoms with Gasteiger partial charge >= 0.3 is 5.97 Å².